The zero-order chi connectivity index (χ0) is 23.1. The van der Waals surface area contributed by atoms with E-state index < -0.39 is 0 Å². The summed E-state index contributed by atoms with van der Waals surface area (Å²) < 4.78 is 22.5. The second-order valence-corrected chi connectivity index (χ2v) is 9.25. The normalized spacial score (nSPS) is 18.2. The van der Waals surface area contributed by atoms with Crippen molar-refractivity contribution in [1.29, 1.82) is 0 Å². The fourth-order valence-corrected chi connectivity index (χ4v) is 5.16. The van der Waals surface area contributed by atoms with Crippen LogP contribution in [0.3, 0.4) is 0 Å². The van der Waals surface area contributed by atoms with Crippen LogP contribution >= 0.6 is 0 Å². The predicted molar refractivity (Wildman–Crippen MR) is 127 cm³/mol. The molecule has 0 spiro atoms. The highest BCUT2D eigenvalue weighted by Gasteiger charge is 2.26. The second kappa shape index (κ2) is 8.78. The monoisotopic (exact) mass is 454 g/mol. The quantitative estimate of drug-likeness (QED) is 0.652. The van der Waals surface area contributed by atoms with Crippen LogP contribution in [0.4, 0.5) is 10.1 Å². The van der Waals surface area contributed by atoms with Gasteiger partial charge in [0.1, 0.15) is 22.8 Å². The van der Waals surface area contributed by atoms with Gasteiger partial charge >= 0.3 is 0 Å². The Labute approximate surface area is 192 Å². The number of H-pyrrole nitrogens is 1. The van der Waals surface area contributed by atoms with Crippen molar-refractivity contribution in [2.45, 2.75) is 38.0 Å². The maximum atomic E-state index is 15.2. The zero-order valence-electron chi connectivity index (χ0n) is 19.5. The van der Waals surface area contributed by atoms with E-state index in [1.165, 1.54) is 12.5 Å². The fourth-order valence-electron chi connectivity index (χ4n) is 5.16. The first-order valence-corrected chi connectivity index (χ1v) is 11.7. The number of fused-ring (bicyclic) bond motifs is 1. The molecule has 1 saturated carbocycles. The predicted octanol–water partition coefficient (Wildman–Crippen LogP) is 3.27. The summed E-state index contributed by atoms with van der Waals surface area (Å²) in [5.74, 6) is 0.686. The van der Waals surface area contributed by atoms with E-state index in [0.717, 1.165) is 57.6 Å². The molecule has 1 N–H and O–H groups in total. The molecule has 0 unspecified atom stereocenters. The molecular formula is C24H31FN6O2. The van der Waals surface area contributed by atoms with E-state index in [-0.39, 0.29) is 23.1 Å². The van der Waals surface area contributed by atoms with Crippen molar-refractivity contribution < 1.29 is 9.13 Å². The Kier molecular flexibility index (Phi) is 5.82. The number of methoxy groups -OCH3 is 1. The van der Waals surface area contributed by atoms with Gasteiger partial charge in [-0.25, -0.2) is 14.1 Å². The number of nitrogens with zero attached hydrogens (tertiary/aromatic N) is 5. The number of benzene rings is 1. The Morgan fingerprint density at radius 3 is 2.52 bits per heavy atom. The van der Waals surface area contributed by atoms with Crippen molar-refractivity contribution in [3.05, 3.63) is 34.0 Å². The molecule has 0 radical (unpaired) electrons. The van der Waals surface area contributed by atoms with Crippen LogP contribution in [0.1, 0.15) is 43.7 Å². The minimum absolute atomic E-state index is 0.241. The summed E-state index contributed by atoms with van der Waals surface area (Å²) in [4.78, 5) is 25.0. The number of halogens is 1. The molecule has 3 aromatic rings. The summed E-state index contributed by atoms with van der Waals surface area (Å²) >= 11 is 0. The smallest absolute Gasteiger partial charge is 0.262 e. The summed E-state index contributed by atoms with van der Waals surface area (Å²) in [7, 11) is 5.42. The molecule has 0 atom stereocenters. The van der Waals surface area contributed by atoms with Gasteiger partial charge in [-0.1, -0.05) is 19.3 Å². The molecule has 1 aromatic carbocycles. The average Bonchev–Trinajstić information content (AvgIpc) is 3.17. The minimum atomic E-state index is -0.356. The van der Waals surface area contributed by atoms with Crippen molar-refractivity contribution in [1.82, 2.24) is 24.6 Å². The van der Waals surface area contributed by atoms with Crippen LogP contribution in [0.15, 0.2) is 16.9 Å². The minimum Gasteiger partial charge on any atom is -0.496 e. The number of ether oxygens (including phenoxy) is 1. The fraction of sp³-hybridized carbons (Fsp3) is 0.542. The highest BCUT2D eigenvalue weighted by molar-refractivity contribution is 5.81. The first-order valence-electron chi connectivity index (χ1n) is 11.7. The van der Waals surface area contributed by atoms with Crippen LogP contribution in [0, 0.1) is 5.82 Å². The topological polar surface area (TPSA) is 79.3 Å². The van der Waals surface area contributed by atoms with Crippen LogP contribution < -0.4 is 15.2 Å². The summed E-state index contributed by atoms with van der Waals surface area (Å²) in [6.45, 7) is 3.24. The Hall–Kier alpha value is -2.94. The molecular weight excluding hydrogens is 423 g/mol. The van der Waals surface area contributed by atoms with Crippen molar-refractivity contribution in [2.75, 3.05) is 45.2 Å². The van der Waals surface area contributed by atoms with Gasteiger partial charge in [0, 0.05) is 45.2 Å². The SMILES string of the molecule is COc1cc(N2CCN(C)CC2)c(F)cc1-c1nc2c(c(C3CCCCC3)nn2C)c(=O)[nH]1. The lowest BCUT2D eigenvalue weighted by Gasteiger charge is -2.34. The molecule has 1 aliphatic carbocycles. The molecule has 0 bridgehead atoms. The van der Waals surface area contributed by atoms with Crippen LogP contribution in [0.5, 0.6) is 5.75 Å². The van der Waals surface area contributed by atoms with E-state index in [4.69, 9.17) is 9.72 Å². The number of aromatic nitrogens is 4. The number of aryl methyl sites for hydroxylation is 1. The molecule has 33 heavy (non-hydrogen) atoms. The average molecular weight is 455 g/mol. The number of piperazine rings is 1. The van der Waals surface area contributed by atoms with E-state index in [1.54, 1.807) is 24.9 Å². The third kappa shape index (κ3) is 3.99. The van der Waals surface area contributed by atoms with Crippen molar-refractivity contribution in [3.63, 3.8) is 0 Å². The number of hydrogen-bond acceptors (Lipinski definition) is 6. The number of likely N-dealkylation sites (N-methyl/N-ethyl adjacent to an activating group) is 1. The van der Waals surface area contributed by atoms with Gasteiger partial charge in [0.15, 0.2) is 5.65 Å². The molecule has 2 fully saturated rings. The highest BCUT2D eigenvalue weighted by atomic mass is 19.1. The lowest BCUT2D eigenvalue weighted by molar-refractivity contribution is 0.311. The van der Waals surface area contributed by atoms with Gasteiger partial charge in [-0.15, -0.1) is 0 Å². The van der Waals surface area contributed by atoms with Crippen LogP contribution in [-0.4, -0.2) is 65.0 Å². The van der Waals surface area contributed by atoms with Crippen molar-refractivity contribution in [3.8, 4) is 17.1 Å². The molecule has 3 heterocycles. The molecule has 9 heteroatoms. The van der Waals surface area contributed by atoms with Gasteiger partial charge in [0.25, 0.3) is 5.56 Å². The molecule has 2 aromatic heterocycles. The largest absolute Gasteiger partial charge is 0.496 e. The lowest BCUT2D eigenvalue weighted by Crippen LogP contribution is -2.44. The van der Waals surface area contributed by atoms with Crippen LogP contribution in [0.25, 0.3) is 22.4 Å². The molecule has 0 amide bonds. The maximum absolute atomic E-state index is 15.2. The van der Waals surface area contributed by atoms with Gasteiger partial charge in [-0.3, -0.25) is 4.79 Å². The molecule has 1 aliphatic heterocycles. The van der Waals surface area contributed by atoms with E-state index in [9.17, 15) is 4.79 Å². The molecule has 2 aliphatic rings. The number of aromatic amines is 1. The number of rotatable bonds is 4. The number of anilines is 1. The van der Waals surface area contributed by atoms with Crippen molar-refractivity contribution >= 4 is 16.7 Å². The third-order valence-corrected chi connectivity index (χ3v) is 7.08. The maximum Gasteiger partial charge on any atom is 0.262 e. The van der Waals surface area contributed by atoms with Gasteiger partial charge in [0.05, 0.1) is 24.1 Å². The summed E-state index contributed by atoms with van der Waals surface area (Å²) in [6, 6.07) is 3.12. The first kappa shape index (κ1) is 21.9. The zero-order valence-corrected chi connectivity index (χ0v) is 19.5. The van der Waals surface area contributed by atoms with Gasteiger partial charge in [0.2, 0.25) is 0 Å². The van der Waals surface area contributed by atoms with Gasteiger partial charge in [-0.2, -0.15) is 5.10 Å². The molecule has 5 rings (SSSR count). The Morgan fingerprint density at radius 2 is 1.82 bits per heavy atom. The van der Waals surface area contributed by atoms with Gasteiger partial charge in [-0.05, 0) is 26.0 Å². The summed E-state index contributed by atoms with van der Waals surface area (Å²) in [6.07, 6.45) is 5.63. The van der Waals surface area contributed by atoms with E-state index in [1.807, 2.05) is 4.90 Å². The standard InChI is InChI=1S/C24H31FN6O2/c1-29-9-11-31(12-10-29)18-14-19(33-3)16(13-17(18)25)22-26-23-20(24(32)27-22)21(28-30(23)2)15-7-5-4-6-8-15/h13-15H,4-12H2,1-3H3,(H,26,27,32). The van der Waals surface area contributed by atoms with E-state index >= 15 is 4.39 Å². The second-order valence-electron chi connectivity index (χ2n) is 9.25. The van der Waals surface area contributed by atoms with Crippen LogP contribution in [-0.2, 0) is 7.05 Å². The molecule has 176 valence electrons. The molecule has 1 saturated heterocycles. The summed E-state index contributed by atoms with van der Waals surface area (Å²) in [5, 5.41) is 5.21. The lowest BCUT2D eigenvalue weighted by atomic mass is 9.86. The van der Waals surface area contributed by atoms with Crippen LogP contribution in [0.2, 0.25) is 0 Å². The van der Waals surface area contributed by atoms with E-state index in [0.29, 0.717) is 28.0 Å². The Morgan fingerprint density at radius 1 is 1.09 bits per heavy atom. The number of nitrogens with one attached hydrogen (secondary N) is 1. The number of hydrogen-bond donors (Lipinski definition) is 1. The van der Waals surface area contributed by atoms with Crippen molar-refractivity contribution in [2.24, 2.45) is 7.05 Å². The Bertz CT molecular complexity index is 1220. The molecule has 8 nitrogen and oxygen atoms in total. The van der Waals surface area contributed by atoms with E-state index in [2.05, 4.69) is 22.0 Å². The first-order chi connectivity index (χ1) is 16.0. The van der Waals surface area contributed by atoms with Gasteiger partial charge < -0.3 is 19.5 Å². The summed E-state index contributed by atoms with van der Waals surface area (Å²) in [5.41, 5.74) is 2.03. The Balaban J connectivity index is 1.57. The third-order valence-electron chi connectivity index (χ3n) is 7.08. The highest BCUT2D eigenvalue weighted by Crippen LogP contribution is 2.37.